The number of hydrogen-bond acceptors (Lipinski definition) is 4. The summed E-state index contributed by atoms with van der Waals surface area (Å²) < 4.78 is 5.22. The molecule has 0 spiro atoms. The summed E-state index contributed by atoms with van der Waals surface area (Å²) in [6.45, 7) is 1.80. The molecule has 0 saturated carbocycles. The van der Waals surface area contributed by atoms with Gasteiger partial charge in [0.25, 0.3) is 5.91 Å². The fraction of sp³-hybridized carbons (Fsp3) is 0.333. The molecule has 2 aromatic heterocycles. The Labute approximate surface area is 121 Å². The van der Waals surface area contributed by atoms with Gasteiger partial charge in [0.05, 0.1) is 11.1 Å². The molecule has 20 heavy (non-hydrogen) atoms. The van der Waals surface area contributed by atoms with Gasteiger partial charge in [-0.15, -0.1) is 11.3 Å². The fourth-order valence-corrected chi connectivity index (χ4v) is 3.48. The van der Waals surface area contributed by atoms with Gasteiger partial charge >= 0.3 is 0 Å². The summed E-state index contributed by atoms with van der Waals surface area (Å²) in [5, 5.41) is 4.08. The fourth-order valence-electron chi connectivity index (χ4n) is 2.33. The van der Waals surface area contributed by atoms with E-state index in [0.717, 1.165) is 17.7 Å². The minimum Gasteiger partial charge on any atom is -0.463 e. The second-order valence-corrected chi connectivity index (χ2v) is 6.02. The van der Waals surface area contributed by atoms with E-state index in [2.05, 4.69) is 10.5 Å². The maximum absolute atomic E-state index is 12.1. The molecule has 5 heteroatoms. The van der Waals surface area contributed by atoms with Crippen LogP contribution in [0.2, 0.25) is 0 Å². The summed E-state index contributed by atoms with van der Waals surface area (Å²) in [5.41, 5.74) is 4.58. The van der Waals surface area contributed by atoms with Gasteiger partial charge in [0.1, 0.15) is 11.5 Å². The first-order valence-corrected chi connectivity index (χ1v) is 7.56. The van der Waals surface area contributed by atoms with Crippen molar-refractivity contribution in [2.45, 2.75) is 32.6 Å². The monoisotopic (exact) mass is 288 g/mol. The first-order chi connectivity index (χ1) is 9.74. The molecule has 1 amide bonds. The maximum atomic E-state index is 12.1. The summed E-state index contributed by atoms with van der Waals surface area (Å²) in [5.74, 6) is 0.520. The maximum Gasteiger partial charge on any atom is 0.281 e. The van der Waals surface area contributed by atoms with Crippen molar-refractivity contribution in [3.63, 3.8) is 0 Å². The van der Waals surface area contributed by atoms with Gasteiger partial charge < -0.3 is 4.42 Å². The molecular formula is C15H16N2O2S. The Morgan fingerprint density at radius 3 is 3.00 bits per heavy atom. The van der Waals surface area contributed by atoms with Gasteiger partial charge in [0.2, 0.25) is 0 Å². The normalized spacial score (nSPS) is 14.9. The zero-order chi connectivity index (χ0) is 13.9. The van der Waals surface area contributed by atoms with Crippen LogP contribution < -0.4 is 5.43 Å². The molecule has 104 valence electrons. The highest BCUT2D eigenvalue weighted by molar-refractivity contribution is 7.14. The van der Waals surface area contributed by atoms with E-state index >= 15 is 0 Å². The molecule has 0 fully saturated rings. The van der Waals surface area contributed by atoms with Crippen LogP contribution in [0.4, 0.5) is 0 Å². The van der Waals surface area contributed by atoms with E-state index in [1.165, 1.54) is 23.3 Å². The summed E-state index contributed by atoms with van der Waals surface area (Å²) in [7, 11) is 0. The molecular weight excluding hydrogens is 272 g/mol. The number of nitrogens with zero attached hydrogens (tertiary/aromatic N) is 1. The van der Waals surface area contributed by atoms with E-state index in [4.69, 9.17) is 4.42 Å². The van der Waals surface area contributed by atoms with Crippen LogP contribution in [0.15, 0.2) is 34.0 Å². The quantitative estimate of drug-likeness (QED) is 0.695. The standard InChI is InChI=1S/C15H16N2O2S/c1-10(12-6-4-8-19-12)16-17-15(18)14-9-11-5-2-3-7-13(11)20-14/h4,6,8-9H,2-3,5,7H2,1H3,(H,17,18)/b16-10-. The smallest absolute Gasteiger partial charge is 0.281 e. The number of carbonyl (C=O) groups is 1. The van der Waals surface area contributed by atoms with Crippen LogP contribution >= 0.6 is 11.3 Å². The number of fused-ring (bicyclic) bond motifs is 1. The predicted molar refractivity (Wildman–Crippen MR) is 79.3 cm³/mol. The van der Waals surface area contributed by atoms with Crippen molar-refractivity contribution in [2.24, 2.45) is 5.10 Å². The molecule has 0 saturated heterocycles. The lowest BCUT2D eigenvalue weighted by molar-refractivity contribution is 0.0959. The SMILES string of the molecule is C/C(=N/NC(=O)c1cc2c(s1)CCCC2)c1ccco1. The number of thiophene rings is 1. The molecule has 3 rings (SSSR count). The van der Waals surface area contributed by atoms with Crippen LogP contribution in [0.5, 0.6) is 0 Å². The Morgan fingerprint density at radius 2 is 2.25 bits per heavy atom. The predicted octanol–water partition coefficient (Wildman–Crippen LogP) is 3.37. The van der Waals surface area contributed by atoms with Crippen molar-refractivity contribution in [1.29, 1.82) is 0 Å². The molecule has 0 radical (unpaired) electrons. The van der Waals surface area contributed by atoms with Crippen molar-refractivity contribution < 1.29 is 9.21 Å². The first-order valence-electron chi connectivity index (χ1n) is 6.74. The number of nitrogens with one attached hydrogen (secondary N) is 1. The summed E-state index contributed by atoms with van der Waals surface area (Å²) in [6.07, 6.45) is 6.23. The highest BCUT2D eigenvalue weighted by Gasteiger charge is 2.17. The molecule has 0 aromatic carbocycles. The van der Waals surface area contributed by atoms with Crippen molar-refractivity contribution in [3.8, 4) is 0 Å². The molecule has 1 N–H and O–H groups in total. The number of hydrogen-bond donors (Lipinski definition) is 1. The van der Waals surface area contributed by atoms with Gasteiger partial charge in [-0.25, -0.2) is 5.43 Å². The Kier molecular flexibility index (Phi) is 3.69. The van der Waals surface area contributed by atoms with Gasteiger partial charge in [-0.05, 0) is 56.4 Å². The van der Waals surface area contributed by atoms with Crippen molar-refractivity contribution in [3.05, 3.63) is 45.5 Å². The molecule has 1 aliphatic carbocycles. The summed E-state index contributed by atoms with van der Waals surface area (Å²) in [6, 6.07) is 5.62. The summed E-state index contributed by atoms with van der Waals surface area (Å²) >= 11 is 1.59. The van der Waals surface area contributed by atoms with Gasteiger partial charge in [-0.3, -0.25) is 4.79 Å². The van der Waals surface area contributed by atoms with Gasteiger partial charge in [0.15, 0.2) is 0 Å². The van der Waals surface area contributed by atoms with Crippen LogP contribution in [-0.4, -0.2) is 11.6 Å². The van der Waals surface area contributed by atoms with Gasteiger partial charge in [-0.2, -0.15) is 5.10 Å². The lowest BCUT2D eigenvalue weighted by Crippen LogP contribution is -2.18. The zero-order valence-corrected chi connectivity index (χ0v) is 12.1. The van der Waals surface area contributed by atoms with Gasteiger partial charge in [0, 0.05) is 4.88 Å². The van der Waals surface area contributed by atoms with Crippen LogP contribution in [0, 0.1) is 0 Å². The van der Waals surface area contributed by atoms with E-state index in [-0.39, 0.29) is 5.91 Å². The van der Waals surface area contributed by atoms with Crippen molar-refractivity contribution >= 4 is 23.0 Å². The number of furan rings is 1. The Bertz CT molecular complexity index is 617. The third-order valence-corrected chi connectivity index (χ3v) is 4.66. The van der Waals surface area contributed by atoms with Crippen LogP contribution in [0.3, 0.4) is 0 Å². The van der Waals surface area contributed by atoms with Crippen LogP contribution in [0.25, 0.3) is 0 Å². The minimum absolute atomic E-state index is 0.143. The molecule has 0 aliphatic heterocycles. The number of carbonyl (C=O) groups excluding carboxylic acids is 1. The highest BCUT2D eigenvalue weighted by Crippen LogP contribution is 2.29. The topological polar surface area (TPSA) is 54.6 Å². The Hall–Kier alpha value is -1.88. The van der Waals surface area contributed by atoms with Crippen LogP contribution in [0.1, 0.15) is 45.6 Å². The molecule has 2 aromatic rings. The average Bonchev–Trinajstić information content (AvgIpc) is 3.12. The summed E-state index contributed by atoms with van der Waals surface area (Å²) in [4.78, 5) is 14.2. The number of rotatable bonds is 3. The van der Waals surface area contributed by atoms with Crippen molar-refractivity contribution in [1.82, 2.24) is 5.43 Å². The highest BCUT2D eigenvalue weighted by atomic mass is 32.1. The second kappa shape index (κ2) is 5.63. The molecule has 0 atom stereocenters. The average molecular weight is 288 g/mol. The number of amides is 1. The molecule has 4 nitrogen and oxygen atoms in total. The Morgan fingerprint density at radius 1 is 1.40 bits per heavy atom. The van der Waals surface area contributed by atoms with E-state index in [1.54, 1.807) is 30.6 Å². The second-order valence-electron chi connectivity index (χ2n) is 4.88. The number of hydrazone groups is 1. The zero-order valence-electron chi connectivity index (χ0n) is 11.3. The lowest BCUT2D eigenvalue weighted by Gasteiger charge is -2.08. The molecule has 0 unspecified atom stereocenters. The van der Waals surface area contributed by atoms with E-state index in [9.17, 15) is 4.79 Å². The molecule has 0 bridgehead atoms. The Balaban J connectivity index is 1.70. The minimum atomic E-state index is -0.143. The van der Waals surface area contributed by atoms with E-state index in [0.29, 0.717) is 11.5 Å². The third-order valence-electron chi connectivity index (χ3n) is 3.42. The largest absolute Gasteiger partial charge is 0.463 e. The van der Waals surface area contributed by atoms with Crippen LogP contribution in [-0.2, 0) is 12.8 Å². The van der Waals surface area contributed by atoms with Crippen molar-refractivity contribution in [2.75, 3.05) is 0 Å². The first kappa shape index (κ1) is 13.1. The molecule has 2 heterocycles. The molecule has 1 aliphatic rings. The third kappa shape index (κ3) is 2.67. The van der Waals surface area contributed by atoms with E-state index < -0.39 is 0 Å². The van der Waals surface area contributed by atoms with Gasteiger partial charge in [-0.1, -0.05) is 0 Å². The van der Waals surface area contributed by atoms with E-state index in [1.807, 2.05) is 12.1 Å². The lowest BCUT2D eigenvalue weighted by atomic mass is 9.99. The number of aryl methyl sites for hydroxylation is 2.